The van der Waals surface area contributed by atoms with Gasteiger partial charge in [0.1, 0.15) is 0 Å². The summed E-state index contributed by atoms with van der Waals surface area (Å²) in [5, 5.41) is 3.54. The molecule has 1 aromatic carbocycles. The molecule has 0 saturated carbocycles. The van der Waals surface area contributed by atoms with Crippen molar-refractivity contribution in [1.82, 2.24) is 20.2 Å². The van der Waals surface area contributed by atoms with E-state index in [1.165, 1.54) is 25.6 Å². The maximum Gasteiger partial charge on any atom is 0.292 e. The third-order valence-electron chi connectivity index (χ3n) is 6.02. The number of aromatic amines is 1. The molecule has 1 aliphatic heterocycles. The molecule has 1 saturated heterocycles. The van der Waals surface area contributed by atoms with E-state index in [1.54, 1.807) is 18.2 Å². The van der Waals surface area contributed by atoms with Crippen LogP contribution in [0.2, 0.25) is 0 Å². The second-order valence-electron chi connectivity index (χ2n) is 7.95. The third kappa shape index (κ3) is 3.72. The van der Waals surface area contributed by atoms with Gasteiger partial charge in [-0.15, -0.1) is 0 Å². The lowest BCUT2D eigenvalue weighted by molar-refractivity contribution is 0.0953. The lowest BCUT2D eigenvalue weighted by atomic mass is 10.1. The number of fused-ring (bicyclic) bond motifs is 3. The molecule has 4 aromatic rings. The lowest BCUT2D eigenvalue weighted by Crippen LogP contribution is -2.46. The predicted molar refractivity (Wildman–Crippen MR) is 119 cm³/mol. The van der Waals surface area contributed by atoms with E-state index in [0.717, 1.165) is 0 Å². The summed E-state index contributed by atoms with van der Waals surface area (Å²) in [4.78, 5) is 34.4. The van der Waals surface area contributed by atoms with E-state index >= 15 is 4.39 Å². The van der Waals surface area contributed by atoms with Crippen LogP contribution >= 0.6 is 0 Å². The molecular formula is C23H21F2N5O3. The Morgan fingerprint density at radius 1 is 1.18 bits per heavy atom. The van der Waals surface area contributed by atoms with Crippen molar-refractivity contribution in [3.63, 3.8) is 0 Å². The molecule has 1 amide bonds. The fraction of sp³-hybridized carbons (Fsp3) is 0.261. The van der Waals surface area contributed by atoms with Crippen molar-refractivity contribution in [1.29, 1.82) is 0 Å². The second kappa shape index (κ2) is 8.28. The van der Waals surface area contributed by atoms with Crippen LogP contribution in [0.5, 0.6) is 0 Å². The number of carbonyl (C=O) groups is 1. The van der Waals surface area contributed by atoms with Gasteiger partial charge in [-0.05, 0) is 6.07 Å². The molecule has 0 spiro atoms. The number of nitrogens with zero attached hydrogens (tertiary/aromatic N) is 3. The van der Waals surface area contributed by atoms with E-state index < -0.39 is 23.1 Å². The highest BCUT2D eigenvalue weighted by molar-refractivity contribution is 6.03. The molecule has 0 bridgehead atoms. The third-order valence-corrected chi connectivity index (χ3v) is 6.02. The fourth-order valence-corrected chi connectivity index (χ4v) is 4.25. The Morgan fingerprint density at radius 3 is 2.70 bits per heavy atom. The number of H-pyrrole nitrogens is 1. The highest BCUT2D eigenvalue weighted by Crippen LogP contribution is 2.27. The van der Waals surface area contributed by atoms with Gasteiger partial charge < -0.3 is 19.6 Å². The molecule has 0 radical (unpaired) electrons. The number of amides is 1. The Labute approximate surface area is 186 Å². The summed E-state index contributed by atoms with van der Waals surface area (Å²) in [5.74, 6) is -1.70. The first-order valence-corrected chi connectivity index (χ1v) is 10.5. The number of halogens is 2. The van der Waals surface area contributed by atoms with Crippen molar-refractivity contribution < 1.29 is 18.0 Å². The van der Waals surface area contributed by atoms with E-state index in [1.807, 2.05) is 4.90 Å². The van der Waals surface area contributed by atoms with Gasteiger partial charge in [0, 0.05) is 62.2 Å². The predicted octanol–water partition coefficient (Wildman–Crippen LogP) is 2.63. The van der Waals surface area contributed by atoms with Crippen LogP contribution in [0.4, 0.5) is 14.5 Å². The van der Waals surface area contributed by atoms with Crippen molar-refractivity contribution in [3.05, 3.63) is 70.0 Å². The number of carbonyl (C=O) groups excluding carboxylic acids is 1. The van der Waals surface area contributed by atoms with Crippen LogP contribution < -0.4 is 15.8 Å². The highest BCUT2D eigenvalue weighted by Gasteiger charge is 2.22. The molecule has 5 rings (SSSR count). The average Bonchev–Trinajstić information content (AvgIpc) is 3.32. The Morgan fingerprint density at radius 2 is 1.97 bits per heavy atom. The largest absolute Gasteiger partial charge is 0.459 e. The van der Waals surface area contributed by atoms with Gasteiger partial charge in [-0.1, -0.05) is 12.1 Å². The molecule has 0 aliphatic carbocycles. The number of piperazine rings is 1. The summed E-state index contributed by atoms with van der Waals surface area (Å²) < 4.78 is 34.7. The number of nitrogens with one attached hydrogen (secondary N) is 2. The van der Waals surface area contributed by atoms with E-state index in [0.29, 0.717) is 54.7 Å². The van der Waals surface area contributed by atoms with Crippen LogP contribution in [0.3, 0.4) is 0 Å². The molecular weight excluding hydrogens is 432 g/mol. The number of rotatable bonds is 4. The Bertz CT molecular complexity index is 1420. The maximum atomic E-state index is 15.2. The van der Waals surface area contributed by atoms with Gasteiger partial charge in [0.05, 0.1) is 23.7 Å². The summed E-state index contributed by atoms with van der Waals surface area (Å²) in [5.41, 5.74) is 0.728. The van der Waals surface area contributed by atoms with Crippen molar-refractivity contribution in [3.8, 4) is 0 Å². The summed E-state index contributed by atoms with van der Waals surface area (Å²) in [6.07, 6.45) is 2.90. The fourth-order valence-electron chi connectivity index (χ4n) is 4.25. The van der Waals surface area contributed by atoms with Crippen LogP contribution in [0.1, 0.15) is 16.1 Å². The maximum absolute atomic E-state index is 15.2. The minimum atomic E-state index is -0.673. The topological polar surface area (TPSA) is 94.5 Å². The van der Waals surface area contributed by atoms with Crippen LogP contribution in [0.15, 0.2) is 45.9 Å². The SMILES string of the molecule is CNC(=O)c1ncc(N2CCN(Cc3ccc4c([nH]c(=O)c5occc54)c3F)CC2)cc1F. The van der Waals surface area contributed by atoms with Gasteiger partial charge in [-0.2, -0.15) is 0 Å². The van der Waals surface area contributed by atoms with E-state index in [4.69, 9.17) is 4.42 Å². The zero-order chi connectivity index (χ0) is 23.1. The molecule has 4 heterocycles. The zero-order valence-corrected chi connectivity index (χ0v) is 17.8. The van der Waals surface area contributed by atoms with Crippen LogP contribution in [0, 0.1) is 11.6 Å². The molecule has 1 aliphatic rings. The van der Waals surface area contributed by atoms with Gasteiger partial charge in [0.2, 0.25) is 0 Å². The number of furan rings is 1. The van der Waals surface area contributed by atoms with Crippen LogP contribution in [-0.2, 0) is 6.54 Å². The van der Waals surface area contributed by atoms with Gasteiger partial charge in [0.25, 0.3) is 11.5 Å². The van der Waals surface area contributed by atoms with Crippen molar-refractivity contribution in [2.24, 2.45) is 0 Å². The minimum Gasteiger partial charge on any atom is -0.459 e. The number of hydrogen-bond donors (Lipinski definition) is 2. The van der Waals surface area contributed by atoms with E-state index in [9.17, 15) is 14.0 Å². The second-order valence-corrected chi connectivity index (χ2v) is 7.95. The molecule has 3 aromatic heterocycles. The molecule has 0 unspecified atom stereocenters. The summed E-state index contributed by atoms with van der Waals surface area (Å²) in [7, 11) is 1.42. The van der Waals surface area contributed by atoms with E-state index in [-0.39, 0.29) is 16.8 Å². The molecule has 170 valence electrons. The average molecular weight is 453 g/mol. The van der Waals surface area contributed by atoms with Gasteiger partial charge in [0.15, 0.2) is 22.9 Å². The summed E-state index contributed by atoms with van der Waals surface area (Å²) in [6, 6.07) is 6.49. The molecule has 33 heavy (non-hydrogen) atoms. The Balaban J connectivity index is 1.31. The number of hydrogen-bond acceptors (Lipinski definition) is 6. The number of anilines is 1. The van der Waals surface area contributed by atoms with Crippen LogP contribution in [0.25, 0.3) is 21.9 Å². The molecule has 8 nitrogen and oxygen atoms in total. The minimum absolute atomic E-state index is 0.169. The summed E-state index contributed by atoms with van der Waals surface area (Å²) >= 11 is 0. The van der Waals surface area contributed by atoms with Crippen molar-refractivity contribution in [2.75, 3.05) is 38.1 Å². The summed E-state index contributed by atoms with van der Waals surface area (Å²) in [6.45, 7) is 2.84. The molecule has 10 heteroatoms. The smallest absolute Gasteiger partial charge is 0.292 e. The van der Waals surface area contributed by atoms with Crippen LogP contribution in [-0.4, -0.2) is 54.0 Å². The first kappa shape index (κ1) is 21.1. The standard InChI is InChI=1S/C23H21F2N5O3/c1-26-22(31)20-17(24)10-14(11-27-20)30-7-5-29(6-8-30)12-13-2-3-15-16-4-9-33-21(16)23(32)28-19(15)18(13)25/h2-4,9-11H,5-8,12H2,1H3,(H,26,31)(H,28,32). The first-order valence-electron chi connectivity index (χ1n) is 10.5. The van der Waals surface area contributed by atoms with Crippen molar-refractivity contribution >= 4 is 33.5 Å². The highest BCUT2D eigenvalue weighted by atomic mass is 19.1. The number of aromatic nitrogens is 2. The molecule has 2 N–H and O–H groups in total. The molecule has 0 atom stereocenters. The van der Waals surface area contributed by atoms with Crippen molar-refractivity contribution in [2.45, 2.75) is 6.54 Å². The normalized spacial score (nSPS) is 14.8. The van der Waals surface area contributed by atoms with E-state index in [2.05, 4.69) is 20.2 Å². The van der Waals surface area contributed by atoms with Gasteiger partial charge >= 0.3 is 0 Å². The first-order chi connectivity index (χ1) is 16.0. The quantitative estimate of drug-likeness (QED) is 0.494. The molecule has 1 fully saturated rings. The Hall–Kier alpha value is -3.79. The van der Waals surface area contributed by atoms with Gasteiger partial charge in [-0.25, -0.2) is 13.8 Å². The lowest BCUT2D eigenvalue weighted by Gasteiger charge is -2.36. The zero-order valence-electron chi connectivity index (χ0n) is 17.8. The number of benzene rings is 1. The monoisotopic (exact) mass is 453 g/mol. The Kier molecular flexibility index (Phi) is 5.29. The number of pyridine rings is 2. The van der Waals surface area contributed by atoms with Gasteiger partial charge in [-0.3, -0.25) is 14.5 Å².